The Bertz CT molecular complexity index is 769. The van der Waals surface area contributed by atoms with E-state index in [0.717, 1.165) is 57.4 Å². The highest BCUT2D eigenvalue weighted by Crippen LogP contribution is 2.36. The van der Waals surface area contributed by atoms with Crippen LogP contribution in [0.15, 0.2) is 0 Å². The van der Waals surface area contributed by atoms with Crippen molar-refractivity contribution in [2.75, 3.05) is 32.7 Å². The maximum absolute atomic E-state index is 13.1. The molecule has 0 unspecified atom stereocenters. The molecule has 1 aromatic heterocycles. The molecule has 2 saturated heterocycles. The van der Waals surface area contributed by atoms with Crippen LogP contribution in [0.4, 0.5) is 0 Å². The van der Waals surface area contributed by atoms with E-state index < -0.39 is 0 Å². The number of rotatable bonds is 5. The molecule has 1 amide bonds. The van der Waals surface area contributed by atoms with Crippen molar-refractivity contribution in [3.05, 3.63) is 17.0 Å². The molecule has 1 saturated carbocycles. The standard InChI is InChI=1S/C25H41N5O/c1-28-22-11-10-20(18-21(22)23(27-28)24(31)29-14-8-9-15-29)26-19-25(12-4-2-5-13-25)30-16-6-3-7-17-30/h20,26H,2-19H2,1H3/t20-/m1/s1. The third-order valence-corrected chi connectivity index (χ3v) is 8.58. The predicted octanol–water partition coefficient (Wildman–Crippen LogP) is 3.29. The molecule has 3 fully saturated rings. The minimum atomic E-state index is 0.159. The number of nitrogens with zero attached hydrogens (tertiary/aromatic N) is 4. The van der Waals surface area contributed by atoms with Crippen LogP contribution < -0.4 is 5.32 Å². The van der Waals surface area contributed by atoms with Crippen LogP contribution in [0.2, 0.25) is 0 Å². The van der Waals surface area contributed by atoms with Gasteiger partial charge in [0.15, 0.2) is 5.69 Å². The molecule has 0 bridgehead atoms. The number of fused-ring (bicyclic) bond motifs is 1. The SMILES string of the molecule is Cn1nc(C(=O)N2CCCC2)c2c1CC[C@@H](NCC1(N3CCCCC3)CCCCC1)C2. The first-order chi connectivity index (χ1) is 15.2. The molecule has 4 aliphatic rings. The lowest BCUT2D eigenvalue weighted by Crippen LogP contribution is -2.59. The van der Waals surface area contributed by atoms with Gasteiger partial charge in [0.1, 0.15) is 0 Å². The number of likely N-dealkylation sites (tertiary alicyclic amines) is 2. The number of nitrogens with one attached hydrogen (secondary N) is 1. The second kappa shape index (κ2) is 9.22. The van der Waals surface area contributed by atoms with E-state index in [2.05, 4.69) is 10.2 Å². The van der Waals surface area contributed by atoms with Crippen molar-refractivity contribution >= 4 is 5.91 Å². The number of carbonyl (C=O) groups is 1. The average molecular weight is 428 g/mol. The Hall–Kier alpha value is -1.40. The molecule has 6 nitrogen and oxygen atoms in total. The van der Waals surface area contributed by atoms with Gasteiger partial charge in [-0.3, -0.25) is 14.4 Å². The highest BCUT2D eigenvalue weighted by Gasteiger charge is 2.39. The van der Waals surface area contributed by atoms with Crippen molar-refractivity contribution in [3.63, 3.8) is 0 Å². The summed E-state index contributed by atoms with van der Waals surface area (Å²) in [6, 6.07) is 0.463. The maximum Gasteiger partial charge on any atom is 0.274 e. The zero-order chi connectivity index (χ0) is 21.3. The van der Waals surface area contributed by atoms with Gasteiger partial charge in [0.2, 0.25) is 0 Å². The molecular formula is C25H41N5O. The lowest BCUT2D eigenvalue weighted by Gasteiger charge is -2.49. The molecule has 6 heteroatoms. The van der Waals surface area contributed by atoms with Crippen molar-refractivity contribution in [3.8, 4) is 0 Å². The topological polar surface area (TPSA) is 53.4 Å². The van der Waals surface area contributed by atoms with Gasteiger partial charge >= 0.3 is 0 Å². The molecule has 3 heterocycles. The molecule has 2 aliphatic heterocycles. The Morgan fingerprint density at radius 2 is 1.68 bits per heavy atom. The molecule has 2 aliphatic carbocycles. The van der Waals surface area contributed by atoms with Crippen LogP contribution in [0.1, 0.15) is 92.4 Å². The second-order valence-corrected chi connectivity index (χ2v) is 10.6. The Morgan fingerprint density at radius 3 is 2.42 bits per heavy atom. The fraction of sp³-hybridized carbons (Fsp3) is 0.840. The number of aromatic nitrogens is 2. The number of aryl methyl sites for hydroxylation is 1. The summed E-state index contributed by atoms with van der Waals surface area (Å²) in [5.74, 6) is 0.159. The van der Waals surface area contributed by atoms with Crippen LogP contribution >= 0.6 is 0 Å². The van der Waals surface area contributed by atoms with Gasteiger partial charge in [-0.2, -0.15) is 5.10 Å². The summed E-state index contributed by atoms with van der Waals surface area (Å²) in [7, 11) is 2.01. The first kappa shape index (κ1) is 21.4. The Balaban J connectivity index is 1.28. The first-order valence-electron chi connectivity index (χ1n) is 13.0. The largest absolute Gasteiger partial charge is 0.337 e. The fourth-order valence-corrected chi connectivity index (χ4v) is 6.72. The number of hydrogen-bond donors (Lipinski definition) is 1. The zero-order valence-corrected chi connectivity index (χ0v) is 19.5. The van der Waals surface area contributed by atoms with Gasteiger partial charge in [0.25, 0.3) is 5.91 Å². The van der Waals surface area contributed by atoms with Crippen molar-refractivity contribution in [1.82, 2.24) is 24.9 Å². The summed E-state index contributed by atoms with van der Waals surface area (Å²) in [5.41, 5.74) is 3.60. The summed E-state index contributed by atoms with van der Waals surface area (Å²) in [6.45, 7) is 5.47. The second-order valence-electron chi connectivity index (χ2n) is 10.6. The van der Waals surface area contributed by atoms with Gasteiger partial charge in [0.05, 0.1) is 0 Å². The van der Waals surface area contributed by atoms with Crippen molar-refractivity contribution in [2.45, 2.75) is 95.1 Å². The van der Waals surface area contributed by atoms with E-state index in [1.165, 1.54) is 75.7 Å². The Labute approximate surface area is 187 Å². The van der Waals surface area contributed by atoms with Crippen LogP contribution in [0.5, 0.6) is 0 Å². The van der Waals surface area contributed by atoms with Gasteiger partial charge in [-0.1, -0.05) is 25.7 Å². The van der Waals surface area contributed by atoms with Crippen molar-refractivity contribution < 1.29 is 4.79 Å². The van der Waals surface area contributed by atoms with Crippen molar-refractivity contribution in [2.24, 2.45) is 7.05 Å². The van der Waals surface area contributed by atoms with E-state index in [-0.39, 0.29) is 5.91 Å². The molecule has 1 atom stereocenters. The van der Waals surface area contributed by atoms with E-state index in [1.807, 2.05) is 16.6 Å². The highest BCUT2D eigenvalue weighted by atomic mass is 16.2. The van der Waals surface area contributed by atoms with E-state index in [0.29, 0.717) is 11.6 Å². The predicted molar refractivity (Wildman–Crippen MR) is 123 cm³/mol. The summed E-state index contributed by atoms with van der Waals surface area (Å²) in [6.07, 6.45) is 16.4. The molecule has 0 aromatic carbocycles. The monoisotopic (exact) mass is 427 g/mol. The lowest BCUT2D eigenvalue weighted by molar-refractivity contribution is 0.0310. The third-order valence-electron chi connectivity index (χ3n) is 8.58. The fourth-order valence-electron chi connectivity index (χ4n) is 6.72. The van der Waals surface area contributed by atoms with Crippen LogP contribution in [-0.2, 0) is 19.9 Å². The minimum Gasteiger partial charge on any atom is -0.337 e. The van der Waals surface area contributed by atoms with Crippen molar-refractivity contribution in [1.29, 1.82) is 0 Å². The molecular weight excluding hydrogens is 386 g/mol. The maximum atomic E-state index is 13.1. The van der Waals surface area contributed by atoms with E-state index >= 15 is 0 Å². The summed E-state index contributed by atoms with van der Waals surface area (Å²) in [4.78, 5) is 18.0. The molecule has 5 rings (SSSR count). The summed E-state index contributed by atoms with van der Waals surface area (Å²) in [5, 5.41) is 8.71. The molecule has 1 aromatic rings. The van der Waals surface area contributed by atoms with Crippen LogP contribution in [0.25, 0.3) is 0 Å². The van der Waals surface area contributed by atoms with Crippen LogP contribution in [0, 0.1) is 0 Å². The number of piperidine rings is 1. The molecule has 1 N–H and O–H groups in total. The number of carbonyl (C=O) groups excluding carboxylic acids is 1. The third kappa shape index (κ3) is 4.30. The minimum absolute atomic E-state index is 0.159. The smallest absolute Gasteiger partial charge is 0.274 e. The van der Waals surface area contributed by atoms with Gasteiger partial charge in [0, 0.05) is 49.5 Å². The van der Waals surface area contributed by atoms with Crippen LogP contribution in [0.3, 0.4) is 0 Å². The normalized spacial score (nSPS) is 26.7. The van der Waals surface area contributed by atoms with Gasteiger partial charge < -0.3 is 10.2 Å². The van der Waals surface area contributed by atoms with Gasteiger partial charge in [-0.05, 0) is 70.9 Å². The molecule has 31 heavy (non-hydrogen) atoms. The lowest BCUT2D eigenvalue weighted by atomic mass is 9.78. The van der Waals surface area contributed by atoms with E-state index in [9.17, 15) is 4.79 Å². The molecule has 0 spiro atoms. The van der Waals surface area contributed by atoms with Gasteiger partial charge in [-0.15, -0.1) is 0 Å². The Kier molecular flexibility index (Phi) is 6.38. The molecule has 0 radical (unpaired) electrons. The summed E-state index contributed by atoms with van der Waals surface area (Å²) >= 11 is 0. The molecule has 172 valence electrons. The zero-order valence-electron chi connectivity index (χ0n) is 19.5. The highest BCUT2D eigenvalue weighted by molar-refractivity contribution is 5.94. The number of hydrogen-bond acceptors (Lipinski definition) is 4. The average Bonchev–Trinajstić information content (AvgIpc) is 3.47. The van der Waals surface area contributed by atoms with Gasteiger partial charge in [-0.25, -0.2) is 0 Å². The summed E-state index contributed by atoms with van der Waals surface area (Å²) < 4.78 is 1.98. The van der Waals surface area contributed by atoms with E-state index in [4.69, 9.17) is 5.10 Å². The quantitative estimate of drug-likeness (QED) is 0.783. The number of amides is 1. The Morgan fingerprint density at radius 1 is 1.00 bits per heavy atom. The first-order valence-corrected chi connectivity index (χ1v) is 13.0. The van der Waals surface area contributed by atoms with E-state index in [1.54, 1.807) is 0 Å². The van der Waals surface area contributed by atoms with Crippen LogP contribution in [-0.4, -0.2) is 69.8 Å².